The van der Waals surface area contributed by atoms with Crippen molar-refractivity contribution in [3.63, 3.8) is 0 Å². The van der Waals surface area contributed by atoms with Crippen molar-refractivity contribution in [3.8, 4) is 12.3 Å². The number of methoxy groups -OCH3 is 1. The third-order valence-corrected chi connectivity index (χ3v) is 0.826. The van der Waals surface area contributed by atoms with Crippen molar-refractivity contribution in [3.05, 3.63) is 0 Å². The second-order valence-corrected chi connectivity index (χ2v) is 1.61. The average Bonchev–Trinajstić information content (AvgIpc) is 1.98. The van der Waals surface area contributed by atoms with E-state index in [0.29, 0.717) is 13.2 Å². The molecule has 0 radical (unpaired) electrons. The van der Waals surface area contributed by atoms with E-state index in [0.717, 1.165) is 0 Å². The summed E-state index contributed by atoms with van der Waals surface area (Å²) in [7, 11) is 1.56. The number of rotatable bonds is 5. The molecule has 0 heterocycles. The second kappa shape index (κ2) is 6.27. The lowest BCUT2D eigenvalue weighted by Gasteiger charge is -1.97. The summed E-state index contributed by atoms with van der Waals surface area (Å²) < 4.78 is 9.48. The molecule has 0 N–H and O–H groups in total. The van der Waals surface area contributed by atoms with Gasteiger partial charge in [0.25, 0.3) is 0 Å². The first-order valence-corrected chi connectivity index (χ1v) is 2.87. The number of hydrogen-bond acceptors (Lipinski definition) is 3. The molecule has 0 aliphatic heterocycles. The lowest BCUT2D eigenvalue weighted by Crippen LogP contribution is -2.09. The first-order chi connectivity index (χ1) is 4.81. The molecule has 0 saturated carbocycles. The number of ketones is 1. The highest BCUT2D eigenvalue weighted by molar-refractivity contribution is 5.95. The summed E-state index contributed by atoms with van der Waals surface area (Å²) in [6.45, 7) is 0.877. The number of ether oxygens (including phenoxy) is 2. The Kier molecular flexibility index (Phi) is 5.74. The Bertz CT molecular complexity index is 134. The van der Waals surface area contributed by atoms with Crippen LogP contribution in [0.25, 0.3) is 0 Å². The fourth-order valence-electron chi connectivity index (χ4n) is 0.349. The van der Waals surface area contributed by atoms with Crippen LogP contribution in [0.4, 0.5) is 0 Å². The first-order valence-electron chi connectivity index (χ1n) is 2.87. The molecule has 3 nitrogen and oxygen atoms in total. The molecule has 0 aromatic carbocycles. The Labute approximate surface area is 60.3 Å². The van der Waals surface area contributed by atoms with E-state index in [1.807, 2.05) is 5.92 Å². The summed E-state index contributed by atoms with van der Waals surface area (Å²) in [6, 6.07) is 0. The van der Waals surface area contributed by atoms with Gasteiger partial charge in [0.2, 0.25) is 5.78 Å². The van der Waals surface area contributed by atoms with E-state index in [4.69, 9.17) is 11.2 Å². The van der Waals surface area contributed by atoms with Crippen LogP contribution in [0, 0.1) is 12.3 Å². The first kappa shape index (κ1) is 9.15. The Morgan fingerprint density at radius 1 is 1.60 bits per heavy atom. The van der Waals surface area contributed by atoms with E-state index in [-0.39, 0.29) is 12.4 Å². The SMILES string of the molecule is C#CC(=O)COCCOC. The average molecular weight is 142 g/mol. The van der Waals surface area contributed by atoms with Gasteiger partial charge in [0.1, 0.15) is 6.61 Å². The number of hydrogen-bond donors (Lipinski definition) is 0. The zero-order valence-electron chi connectivity index (χ0n) is 5.92. The summed E-state index contributed by atoms with van der Waals surface area (Å²) in [6.07, 6.45) is 4.78. The second-order valence-electron chi connectivity index (χ2n) is 1.61. The highest BCUT2D eigenvalue weighted by atomic mass is 16.5. The third kappa shape index (κ3) is 5.29. The summed E-state index contributed by atoms with van der Waals surface area (Å²) in [5.41, 5.74) is 0. The maximum Gasteiger partial charge on any atom is 0.230 e. The van der Waals surface area contributed by atoms with Gasteiger partial charge in [-0.1, -0.05) is 0 Å². The lowest BCUT2D eigenvalue weighted by atomic mass is 10.4. The zero-order chi connectivity index (χ0) is 7.82. The Morgan fingerprint density at radius 3 is 2.80 bits per heavy atom. The van der Waals surface area contributed by atoms with Crippen molar-refractivity contribution in [2.24, 2.45) is 0 Å². The highest BCUT2D eigenvalue weighted by Gasteiger charge is 1.94. The van der Waals surface area contributed by atoms with E-state index < -0.39 is 0 Å². The fourth-order valence-corrected chi connectivity index (χ4v) is 0.349. The molecule has 10 heavy (non-hydrogen) atoms. The van der Waals surface area contributed by atoms with Crippen LogP contribution in [0.3, 0.4) is 0 Å². The van der Waals surface area contributed by atoms with Crippen LogP contribution in [0.5, 0.6) is 0 Å². The fraction of sp³-hybridized carbons (Fsp3) is 0.571. The molecule has 0 bridgehead atoms. The molecule has 0 unspecified atom stereocenters. The molecule has 0 spiro atoms. The van der Waals surface area contributed by atoms with Crippen molar-refractivity contribution >= 4 is 5.78 Å². The van der Waals surface area contributed by atoms with Crippen LogP contribution >= 0.6 is 0 Å². The van der Waals surface area contributed by atoms with Crippen LogP contribution in [0.15, 0.2) is 0 Å². The standard InChI is InChI=1S/C7H10O3/c1-3-7(8)6-10-5-4-9-2/h1H,4-6H2,2H3. The quantitative estimate of drug-likeness (QED) is 0.304. The van der Waals surface area contributed by atoms with Gasteiger partial charge in [-0.25, -0.2) is 0 Å². The van der Waals surface area contributed by atoms with E-state index in [1.165, 1.54) is 0 Å². The van der Waals surface area contributed by atoms with E-state index in [2.05, 4.69) is 4.74 Å². The summed E-state index contributed by atoms with van der Waals surface area (Å²) in [5.74, 6) is 1.60. The minimum absolute atomic E-state index is 0.0140. The van der Waals surface area contributed by atoms with Crippen LogP contribution in [0.1, 0.15) is 0 Å². The van der Waals surface area contributed by atoms with Crippen LogP contribution in [-0.4, -0.2) is 32.7 Å². The normalized spacial score (nSPS) is 8.80. The van der Waals surface area contributed by atoms with Crippen LogP contribution in [0.2, 0.25) is 0 Å². The van der Waals surface area contributed by atoms with Crippen LogP contribution in [-0.2, 0) is 14.3 Å². The van der Waals surface area contributed by atoms with Gasteiger partial charge in [0, 0.05) is 7.11 Å². The summed E-state index contributed by atoms with van der Waals surface area (Å²) >= 11 is 0. The Morgan fingerprint density at radius 2 is 2.30 bits per heavy atom. The van der Waals surface area contributed by atoms with E-state index in [9.17, 15) is 4.79 Å². The Hall–Kier alpha value is -0.850. The maximum absolute atomic E-state index is 10.4. The molecule has 0 aliphatic rings. The van der Waals surface area contributed by atoms with Crippen molar-refractivity contribution in [2.45, 2.75) is 0 Å². The third-order valence-electron chi connectivity index (χ3n) is 0.826. The molecule has 0 aromatic heterocycles. The summed E-state index contributed by atoms with van der Waals surface area (Å²) in [5, 5.41) is 0. The van der Waals surface area contributed by atoms with Gasteiger partial charge in [-0.2, -0.15) is 0 Å². The molecule has 0 saturated heterocycles. The number of carbonyl (C=O) groups is 1. The molecule has 0 amide bonds. The van der Waals surface area contributed by atoms with Gasteiger partial charge in [-0.05, 0) is 5.92 Å². The monoisotopic (exact) mass is 142 g/mol. The van der Waals surface area contributed by atoms with E-state index in [1.54, 1.807) is 7.11 Å². The predicted octanol–water partition coefficient (Wildman–Crippen LogP) is -0.148. The predicted molar refractivity (Wildman–Crippen MR) is 36.5 cm³/mol. The van der Waals surface area contributed by atoms with Gasteiger partial charge in [0.05, 0.1) is 13.2 Å². The van der Waals surface area contributed by atoms with Crippen molar-refractivity contribution in [1.82, 2.24) is 0 Å². The van der Waals surface area contributed by atoms with Crippen molar-refractivity contribution in [1.29, 1.82) is 0 Å². The molecule has 56 valence electrons. The molecule has 3 heteroatoms. The smallest absolute Gasteiger partial charge is 0.230 e. The number of terminal acetylenes is 1. The molecule has 0 rings (SSSR count). The van der Waals surface area contributed by atoms with Crippen LogP contribution < -0.4 is 0 Å². The molecule has 0 aliphatic carbocycles. The number of Topliss-reactive ketones (excluding diaryl/α,β-unsaturated/α-hetero) is 1. The van der Waals surface area contributed by atoms with Gasteiger partial charge in [-0.3, -0.25) is 4.79 Å². The van der Waals surface area contributed by atoms with Crippen molar-refractivity contribution in [2.75, 3.05) is 26.9 Å². The van der Waals surface area contributed by atoms with Gasteiger partial charge >= 0.3 is 0 Å². The maximum atomic E-state index is 10.4. The summed E-state index contributed by atoms with van der Waals surface area (Å²) in [4.78, 5) is 10.4. The molecule has 0 atom stereocenters. The topological polar surface area (TPSA) is 35.5 Å². The largest absolute Gasteiger partial charge is 0.382 e. The zero-order valence-corrected chi connectivity index (χ0v) is 5.92. The van der Waals surface area contributed by atoms with Crippen molar-refractivity contribution < 1.29 is 14.3 Å². The highest BCUT2D eigenvalue weighted by Crippen LogP contribution is 1.76. The molecular formula is C7H10O3. The van der Waals surface area contributed by atoms with Gasteiger partial charge < -0.3 is 9.47 Å². The van der Waals surface area contributed by atoms with Gasteiger partial charge in [0.15, 0.2) is 0 Å². The van der Waals surface area contributed by atoms with E-state index >= 15 is 0 Å². The minimum atomic E-state index is -0.337. The minimum Gasteiger partial charge on any atom is -0.382 e. The Balaban J connectivity index is 3.06. The molecular weight excluding hydrogens is 132 g/mol. The van der Waals surface area contributed by atoms with Gasteiger partial charge in [-0.15, -0.1) is 6.42 Å². The molecule has 0 fully saturated rings. The number of carbonyl (C=O) groups excluding carboxylic acids is 1. The molecule has 0 aromatic rings. The lowest BCUT2D eigenvalue weighted by molar-refractivity contribution is -0.118.